The van der Waals surface area contributed by atoms with E-state index in [1.165, 1.54) is 7.11 Å². The summed E-state index contributed by atoms with van der Waals surface area (Å²) < 4.78 is 28.2. The molecule has 2 aromatic heterocycles. The van der Waals surface area contributed by atoms with Gasteiger partial charge in [0.25, 0.3) is 0 Å². The summed E-state index contributed by atoms with van der Waals surface area (Å²) >= 11 is 6.75. The average Bonchev–Trinajstić information content (AvgIpc) is 3.75. The normalized spacial score (nSPS) is 25.4. The summed E-state index contributed by atoms with van der Waals surface area (Å²) in [6.45, 7) is 6.47. The number of aromatic nitrogens is 3. The Hall–Kier alpha value is -3.80. The molecule has 6 heterocycles. The Labute approximate surface area is 284 Å². The first-order chi connectivity index (χ1) is 23.3. The van der Waals surface area contributed by atoms with Crippen molar-refractivity contribution in [2.75, 3.05) is 51.3 Å². The minimum absolute atomic E-state index is 0.167. The highest BCUT2D eigenvalue weighted by atomic mass is 35.5. The molecule has 12 heteroatoms. The summed E-state index contributed by atoms with van der Waals surface area (Å²) in [6, 6.07) is 10.4. The highest BCUT2D eigenvalue weighted by molar-refractivity contribution is 6.36. The van der Waals surface area contributed by atoms with Crippen LogP contribution in [-0.2, 0) is 4.74 Å². The molecular formula is C36H41ClFN7O3. The van der Waals surface area contributed by atoms with Crippen LogP contribution in [0.5, 0.6) is 6.01 Å². The second-order valence-electron chi connectivity index (χ2n) is 14.0. The number of nitrogens with one attached hydrogen (secondary N) is 2. The molecule has 4 saturated heterocycles. The second-order valence-corrected chi connectivity index (χ2v) is 14.4. The summed E-state index contributed by atoms with van der Waals surface area (Å²) in [5, 5.41) is 9.32. The van der Waals surface area contributed by atoms with Crippen LogP contribution in [0.15, 0.2) is 36.5 Å². The first kappa shape index (κ1) is 31.5. The molecule has 2 bridgehead atoms. The van der Waals surface area contributed by atoms with E-state index in [4.69, 9.17) is 36.0 Å². The molecule has 8 rings (SSSR count). The maximum Gasteiger partial charge on any atom is 0.406 e. The SMILES string of the molecule is COC(=O)NC[C@H]1CC[C@@]2(COc3nc(N4CCC5CNC(C5)C4)c4cnc(-c5cccc6cc(C)cc(Cl)c56)c(F)c4n3)CCCN12. The van der Waals surface area contributed by atoms with Crippen molar-refractivity contribution in [2.24, 2.45) is 5.92 Å². The van der Waals surface area contributed by atoms with E-state index in [9.17, 15) is 4.79 Å². The maximum absolute atomic E-state index is 16.9. The molecule has 4 aromatic rings. The van der Waals surface area contributed by atoms with E-state index < -0.39 is 11.9 Å². The smallest absolute Gasteiger partial charge is 0.406 e. The van der Waals surface area contributed by atoms with Crippen LogP contribution < -0.4 is 20.3 Å². The van der Waals surface area contributed by atoms with E-state index in [2.05, 4.69) is 20.4 Å². The molecule has 0 radical (unpaired) electrons. The van der Waals surface area contributed by atoms with Crippen LogP contribution in [0, 0.1) is 18.7 Å². The number of methoxy groups -OCH3 is 1. The molecule has 2 aromatic carbocycles. The van der Waals surface area contributed by atoms with E-state index in [1.807, 2.05) is 37.3 Å². The fourth-order valence-corrected chi connectivity index (χ4v) is 9.06. The van der Waals surface area contributed by atoms with E-state index in [0.29, 0.717) is 46.9 Å². The van der Waals surface area contributed by atoms with Crippen molar-refractivity contribution in [3.8, 4) is 17.3 Å². The van der Waals surface area contributed by atoms with E-state index in [-0.39, 0.29) is 28.8 Å². The number of carbonyl (C=O) groups is 1. The zero-order valence-corrected chi connectivity index (χ0v) is 28.2. The predicted molar refractivity (Wildman–Crippen MR) is 184 cm³/mol. The lowest BCUT2D eigenvalue weighted by Crippen LogP contribution is -2.49. The third-order valence-electron chi connectivity index (χ3n) is 11.0. The third kappa shape index (κ3) is 5.59. The first-order valence-corrected chi connectivity index (χ1v) is 17.4. The van der Waals surface area contributed by atoms with Crippen LogP contribution in [0.1, 0.15) is 44.1 Å². The molecular weight excluding hydrogens is 633 g/mol. The summed E-state index contributed by atoms with van der Waals surface area (Å²) in [7, 11) is 1.38. The standard InChI is InChI=1S/C36H41ClFN7O3/c1-21-13-23-5-3-6-26(29(23)28(37)14-21)31-30(38)32-27(18-40-31)33(44-12-8-22-15-24(19-44)39-16-22)43-34(42-32)48-20-36-9-4-11-45(36)25(7-10-36)17-41-35(46)47-2/h3,5-6,13-14,18,22,24-25,39H,4,7-12,15-17,19-20H2,1-2H3,(H,41,46)/t22?,24?,25-,36-/m1/s1. The van der Waals surface area contributed by atoms with Crippen LogP contribution in [0.4, 0.5) is 15.0 Å². The molecule has 0 spiro atoms. The summed E-state index contributed by atoms with van der Waals surface area (Å²) in [5.74, 6) is 0.762. The van der Waals surface area contributed by atoms with Crippen molar-refractivity contribution in [1.29, 1.82) is 0 Å². The lowest BCUT2D eigenvalue weighted by molar-refractivity contribution is 0.0835. The molecule has 252 valence electrons. The van der Waals surface area contributed by atoms with E-state index >= 15 is 4.39 Å². The number of carbonyl (C=O) groups excluding carboxylic acids is 1. The largest absolute Gasteiger partial charge is 0.461 e. The van der Waals surface area contributed by atoms with Gasteiger partial charge in [-0.15, -0.1) is 0 Å². The number of halogens is 2. The van der Waals surface area contributed by atoms with Crippen LogP contribution in [0.3, 0.4) is 0 Å². The van der Waals surface area contributed by atoms with Gasteiger partial charge in [0.05, 0.1) is 18.0 Å². The number of hydrogen-bond donors (Lipinski definition) is 2. The molecule has 1 amide bonds. The first-order valence-electron chi connectivity index (χ1n) is 17.1. The number of nitrogens with zero attached hydrogens (tertiary/aromatic N) is 5. The Morgan fingerprint density at radius 2 is 2.10 bits per heavy atom. The van der Waals surface area contributed by atoms with Crippen LogP contribution >= 0.6 is 11.6 Å². The Morgan fingerprint density at radius 1 is 1.21 bits per heavy atom. The molecule has 2 N–H and O–H groups in total. The van der Waals surface area contributed by atoms with Crippen molar-refractivity contribution in [3.63, 3.8) is 0 Å². The zero-order chi connectivity index (χ0) is 33.0. The number of aryl methyl sites for hydroxylation is 1. The Balaban J connectivity index is 1.17. The Bertz CT molecular complexity index is 1890. The maximum atomic E-state index is 16.9. The predicted octanol–water partition coefficient (Wildman–Crippen LogP) is 5.87. The van der Waals surface area contributed by atoms with Gasteiger partial charge in [-0.05, 0) is 81.5 Å². The second kappa shape index (κ2) is 12.6. The fourth-order valence-electron chi connectivity index (χ4n) is 8.68. The molecule has 4 aliphatic heterocycles. The van der Waals surface area contributed by atoms with Gasteiger partial charge in [-0.3, -0.25) is 9.88 Å². The Kier molecular flexibility index (Phi) is 8.25. The minimum atomic E-state index is -0.518. The highest BCUT2D eigenvalue weighted by Gasteiger charge is 2.50. The summed E-state index contributed by atoms with van der Waals surface area (Å²) in [6.07, 6.45) is 7.35. The van der Waals surface area contributed by atoms with Gasteiger partial charge in [0, 0.05) is 53.9 Å². The van der Waals surface area contributed by atoms with Gasteiger partial charge in [-0.1, -0.05) is 35.9 Å². The number of alkyl carbamates (subject to hydrolysis) is 1. The molecule has 0 aliphatic carbocycles. The van der Waals surface area contributed by atoms with Crippen LogP contribution in [-0.4, -0.2) is 90.0 Å². The number of rotatable bonds is 7. The fraction of sp³-hybridized carbons (Fsp3) is 0.500. The third-order valence-corrected chi connectivity index (χ3v) is 11.3. The number of hydrogen-bond acceptors (Lipinski definition) is 9. The number of pyridine rings is 1. The molecule has 10 nitrogen and oxygen atoms in total. The lowest BCUT2D eigenvalue weighted by atomic mass is 9.95. The number of fused-ring (bicyclic) bond motifs is 5. The van der Waals surface area contributed by atoms with Crippen LogP contribution in [0.2, 0.25) is 5.02 Å². The van der Waals surface area contributed by atoms with Crippen LogP contribution in [0.25, 0.3) is 32.9 Å². The number of anilines is 1. The summed E-state index contributed by atoms with van der Waals surface area (Å²) in [5.41, 5.74) is 1.85. The molecule has 0 saturated carbocycles. The van der Waals surface area contributed by atoms with Crippen molar-refractivity contribution in [1.82, 2.24) is 30.5 Å². The van der Waals surface area contributed by atoms with Gasteiger partial charge >= 0.3 is 12.1 Å². The molecule has 48 heavy (non-hydrogen) atoms. The van der Waals surface area contributed by atoms with Gasteiger partial charge in [-0.2, -0.15) is 9.97 Å². The van der Waals surface area contributed by atoms with Crippen molar-refractivity contribution in [3.05, 3.63) is 52.9 Å². The molecule has 4 aliphatic rings. The summed E-state index contributed by atoms with van der Waals surface area (Å²) in [4.78, 5) is 30.9. The lowest BCUT2D eigenvalue weighted by Gasteiger charge is -2.34. The van der Waals surface area contributed by atoms with Crippen molar-refractivity contribution >= 4 is 45.2 Å². The minimum Gasteiger partial charge on any atom is -0.461 e. The van der Waals surface area contributed by atoms with Gasteiger partial charge in [0.15, 0.2) is 5.82 Å². The zero-order valence-electron chi connectivity index (χ0n) is 27.4. The molecule has 2 unspecified atom stereocenters. The van der Waals surface area contributed by atoms with Crippen molar-refractivity contribution in [2.45, 2.75) is 63.1 Å². The van der Waals surface area contributed by atoms with Gasteiger partial charge < -0.3 is 25.0 Å². The van der Waals surface area contributed by atoms with E-state index in [1.54, 1.807) is 6.20 Å². The number of benzene rings is 2. The van der Waals surface area contributed by atoms with Gasteiger partial charge in [0.2, 0.25) is 0 Å². The van der Waals surface area contributed by atoms with Gasteiger partial charge in [-0.25, -0.2) is 9.18 Å². The average molecular weight is 674 g/mol. The highest BCUT2D eigenvalue weighted by Crippen LogP contribution is 2.43. The monoisotopic (exact) mass is 673 g/mol. The Morgan fingerprint density at radius 3 is 2.98 bits per heavy atom. The molecule has 4 atom stereocenters. The van der Waals surface area contributed by atoms with E-state index in [0.717, 1.165) is 81.0 Å². The van der Waals surface area contributed by atoms with Crippen molar-refractivity contribution < 1.29 is 18.7 Å². The topological polar surface area (TPSA) is 105 Å². The number of ether oxygens (including phenoxy) is 2. The molecule has 4 fully saturated rings. The number of amides is 1. The quantitative estimate of drug-likeness (QED) is 0.249. The van der Waals surface area contributed by atoms with Gasteiger partial charge in [0.1, 0.15) is 23.6 Å².